The molecule has 0 heterocycles. The van der Waals surface area contributed by atoms with Crippen molar-refractivity contribution in [2.75, 3.05) is 4.90 Å². The third-order valence-corrected chi connectivity index (χ3v) is 10.7. The Bertz CT molecular complexity index is 2650. The number of hydrogen-bond acceptors (Lipinski definition) is 1. The standard InChI is InChI=1S/C49H33N/c1-4-17-37(18-5-1)49(38-19-6-2-7-20-38)46-25-13-12-23-42(46)45-32-36-28-30-43-41(44(36)33-47(45)49)24-14-26-48(43)50(39-21-8-3-9-22-39)40-29-27-34-15-10-11-16-35(34)31-40/h1-33H. The molecule has 234 valence electrons. The van der Waals surface area contributed by atoms with Gasteiger partial charge in [0.25, 0.3) is 0 Å². The van der Waals surface area contributed by atoms with Gasteiger partial charge < -0.3 is 4.90 Å². The molecule has 1 heteroatoms. The zero-order valence-corrected chi connectivity index (χ0v) is 27.5. The lowest BCUT2D eigenvalue weighted by Crippen LogP contribution is -2.28. The normalized spacial score (nSPS) is 13.0. The summed E-state index contributed by atoms with van der Waals surface area (Å²) < 4.78 is 0. The van der Waals surface area contributed by atoms with Crippen LogP contribution in [0, 0.1) is 0 Å². The van der Waals surface area contributed by atoms with Crippen LogP contribution in [0.5, 0.6) is 0 Å². The summed E-state index contributed by atoms with van der Waals surface area (Å²) in [5.74, 6) is 0. The van der Waals surface area contributed by atoms with Gasteiger partial charge in [0.2, 0.25) is 0 Å². The average molecular weight is 636 g/mol. The van der Waals surface area contributed by atoms with Gasteiger partial charge in [0.05, 0.1) is 11.1 Å². The first-order valence-electron chi connectivity index (χ1n) is 17.4. The number of nitrogens with zero attached hydrogens (tertiary/aromatic N) is 1. The minimum atomic E-state index is -0.441. The molecule has 0 atom stereocenters. The van der Waals surface area contributed by atoms with Crippen molar-refractivity contribution in [2.45, 2.75) is 5.41 Å². The Labute approximate surface area is 292 Å². The van der Waals surface area contributed by atoms with Crippen LogP contribution in [0.2, 0.25) is 0 Å². The minimum Gasteiger partial charge on any atom is -0.310 e. The summed E-state index contributed by atoms with van der Waals surface area (Å²) >= 11 is 0. The summed E-state index contributed by atoms with van der Waals surface area (Å²) in [6, 6.07) is 73.6. The van der Waals surface area contributed by atoms with E-state index in [9.17, 15) is 0 Å². The van der Waals surface area contributed by atoms with Gasteiger partial charge in [-0.05, 0) is 103 Å². The van der Waals surface area contributed by atoms with Crippen LogP contribution in [0.3, 0.4) is 0 Å². The van der Waals surface area contributed by atoms with Gasteiger partial charge >= 0.3 is 0 Å². The Morgan fingerprint density at radius 2 is 0.960 bits per heavy atom. The van der Waals surface area contributed by atoms with Crippen LogP contribution in [0.25, 0.3) is 43.4 Å². The van der Waals surface area contributed by atoms with Gasteiger partial charge in [0.15, 0.2) is 0 Å². The summed E-state index contributed by atoms with van der Waals surface area (Å²) in [6.45, 7) is 0. The molecule has 9 aromatic carbocycles. The highest BCUT2D eigenvalue weighted by molar-refractivity contribution is 6.14. The number of anilines is 3. The number of rotatable bonds is 5. The molecular weight excluding hydrogens is 603 g/mol. The van der Waals surface area contributed by atoms with Gasteiger partial charge in [0.1, 0.15) is 0 Å². The van der Waals surface area contributed by atoms with Crippen molar-refractivity contribution >= 4 is 49.4 Å². The van der Waals surface area contributed by atoms with Gasteiger partial charge in [-0.3, -0.25) is 0 Å². The predicted octanol–water partition coefficient (Wildman–Crippen LogP) is 13.0. The van der Waals surface area contributed by atoms with Crippen LogP contribution >= 0.6 is 0 Å². The van der Waals surface area contributed by atoms with Crippen LogP contribution in [-0.4, -0.2) is 0 Å². The summed E-state index contributed by atoms with van der Waals surface area (Å²) in [6.07, 6.45) is 0. The summed E-state index contributed by atoms with van der Waals surface area (Å²) in [5, 5.41) is 7.44. The lowest BCUT2D eigenvalue weighted by molar-refractivity contribution is 0.769. The Balaban J connectivity index is 1.26. The van der Waals surface area contributed by atoms with Crippen molar-refractivity contribution in [3.05, 3.63) is 222 Å². The average Bonchev–Trinajstić information content (AvgIpc) is 3.48. The molecule has 9 aromatic rings. The molecule has 0 fully saturated rings. The van der Waals surface area contributed by atoms with E-state index >= 15 is 0 Å². The number of hydrogen-bond donors (Lipinski definition) is 0. The van der Waals surface area contributed by atoms with Crippen LogP contribution in [0.15, 0.2) is 200 Å². The molecule has 0 unspecified atom stereocenters. The van der Waals surface area contributed by atoms with E-state index in [4.69, 9.17) is 0 Å². The molecule has 0 aliphatic heterocycles. The highest BCUT2D eigenvalue weighted by atomic mass is 15.1. The molecule has 0 saturated carbocycles. The van der Waals surface area contributed by atoms with E-state index in [1.807, 2.05) is 0 Å². The van der Waals surface area contributed by atoms with Crippen LogP contribution in [0.1, 0.15) is 22.3 Å². The molecule has 50 heavy (non-hydrogen) atoms. The minimum absolute atomic E-state index is 0.441. The Hall–Kier alpha value is -6.44. The molecule has 1 aliphatic rings. The molecule has 1 nitrogen and oxygen atoms in total. The highest BCUT2D eigenvalue weighted by Gasteiger charge is 2.46. The Kier molecular flexibility index (Phi) is 6.47. The summed E-state index contributed by atoms with van der Waals surface area (Å²) in [5.41, 5.74) is 10.8. The topological polar surface area (TPSA) is 3.24 Å². The van der Waals surface area contributed by atoms with Crippen LogP contribution in [0.4, 0.5) is 17.1 Å². The Morgan fingerprint density at radius 1 is 0.320 bits per heavy atom. The fourth-order valence-corrected chi connectivity index (χ4v) is 8.53. The molecule has 0 aromatic heterocycles. The van der Waals surface area contributed by atoms with E-state index in [0.717, 1.165) is 17.1 Å². The van der Waals surface area contributed by atoms with Crippen molar-refractivity contribution < 1.29 is 0 Å². The second-order valence-electron chi connectivity index (χ2n) is 13.3. The first kappa shape index (κ1) is 28.6. The number of para-hydroxylation sites is 1. The zero-order valence-electron chi connectivity index (χ0n) is 27.5. The second kappa shape index (κ2) is 11.3. The molecule has 0 amide bonds. The molecule has 0 radical (unpaired) electrons. The largest absolute Gasteiger partial charge is 0.310 e. The van der Waals surface area contributed by atoms with Crippen molar-refractivity contribution in [3.63, 3.8) is 0 Å². The number of benzene rings is 9. The SMILES string of the molecule is c1ccc(N(c2ccc3ccccc3c2)c2cccc3c2ccc2cc4c(cc23)C(c2ccccc2)(c2ccccc2)c2ccccc2-4)cc1. The van der Waals surface area contributed by atoms with Crippen molar-refractivity contribution in [3.8, 4) is 11.1 Å². The quantitative estimate of drug-likeness (QED) is 0.170. The van der Waals surface area contributed by atoms with E-state index in [-0.39, 0.29) is 0 Å². The predicted molar refractivity (Wildman–Crippen MR) is 211 cm³/mol. The van der Waals surface area contributed by atoms with Crippen molar-refractivity contribution in [2.24, 2.45) is 0 Å². The third kappa shape index (κ3) is 4.20. The van der Waals surface area contributed by atoms with Gasteiger partial charge in [-0.1, -0.05) is 158 Å². The maximum absolute atomic E-state index is 2.50. The van der Waals surface area contributed by atoms with Gasteiger partial charge in [-0.25, -0.2) is 0 Å². The highest BCUT2D eigenvalue weighted by Crippen LogP contribution is 2.57. The molecule has 0 bridgehead atoms. The fourth-order valence-electron chi connectivity index (χ4n) is 8.53. The molecule has 0 spiro atoms. The zero-order chi connectivity index (χ0) is 33.1. The number of fused-ring (bicyclic) bond motifs is 7. The molecule has 1 aliphatic carbocycles. The lowest BCUT2D eigenvalue weighted by Gasteiger charge is -2.34. The fraction of sp³-hybridized carbons (Fsp3) is 0.0204. The summed E-state index contributed by atoms with van der Waals surface area (Å²) in [7, 11) is 0. The van der Waals surface area contributed by atoms with Gasteiger partial charge in [-0.2, -0.15) is 0 Å². The summed E-state index contributed by atoms with van der Waals surface area (Å²) in [4.78, 5) is 2.40. The van der Waals surface area contributed by atoms with Gasteiger partial charge in [0, 0.05) is 16.8 Å². The van der Waals surface area contributed by atoms with E-state index in [1.165, 1.54) is 65.7 Å². The van der Waals surface area contributed by atoms with E-state index in [2.05, 4.69) is 205 Å². The van der Waals surface area contributed by atoms with Crippen LogP contribution in [-0.2, 0) is 5.41 Å². The first-order valence-corrected chi connectivity index (χ1v) is 17.4. The molecule has 10 rings (SSSR count). The Morgan fingerprint density at radius 3 is 1.72 bits per heavy atom. The second-order valence-corrected chi connectivity index (χ2v) is 13.3. The maximum Gasteiger partial charge on any atom is 0.0713 e. The van der Waals surface area contributed by atoms with Crippen molar-refractivity contribution in [1.82, 2.24) is 0 Å². The molecule has 0 N–H and O–H groups in total. The van der Waals surface area contributed by atoms with E-state index in [0.29, 0.717) is 0 Å². The lowest BCUT2D eigenvalue weighted by atomic mass is 9.67. The first-order chi connectivity index (χ1) is 24.8. The third-order valence-electron chi connectivity index (χ3n) is 10.7. The smallest absolute Gasteiger partial charge is 0.0713 e. The van der Waals surface area contributed by atoms with Gasteiger partial charge in [-0.15, -0.1) is 0 Å². The van der Waals surface area contributed by atoms with E-state index in [1.54, 1.807) is 0 Å². The van der Waals surface area contributed by atoms with Crippen LogP contribution < -0.4 is 4.90 Å². The van der Waals surface area contributed by atoms with E-state index < -0.39 is 5.41 Å². The monoisotopic (exact) mass is 635 g/mol. The molecular formula is C49H33N. The molecule has 0 saturated heterocycles. The van der Waals surface area contributed by atoms with Crippen molar-refractivity contribution in [1.29, 1.82) is 0 Å². The maximum atomic E-state index is 2.50.